The zero-order valence-electron chi connectivity index (χ0n) is 8.11. The molecule has 12 heavy (non-hydrogen) atoms. The number of hydrogen-bond donors (Lipinski definition) is 0. The highest BCUT2D eigenvalue weighted by Gasteiger charge is 2.29. The Bertz CT molecular complexity index is 134. The molecule has 1 aliphatic heterocycles. The molecule has 0 bridgehead atoms. The normalized spacial score (nSPS) is 33.5. The van der Waals surface area contributed by atoms with E-state index < -0.39 is 0 Å². The number of halogens is 1. The van der Waals surface area contributed by atoms with Crippen molar-refractivity contribution in [2.75, 3.05) is 13.3 Å². The van der Waals surface area contributed by atoms with Gasteiger partial charge in [0, 0.05) is 22.1 Å². The van der Waals surface area contributed by atoms with Gasteiger partial charge in [0.05, 0.1) is 6.67 Å². The Morgan fingerprint density at radius 3 is 2.83 bits per heavy atom. The molecule has 0 radical (unpaired) electrons. The van der Waals surface area contributed by atoms with Gasteiger partial charge in [-0.25, -0.2) is 0 Å². The number of ether oxygens (including phenoxy) is 1. The fraction of sp³-hybridized carbons (Fsp3) is 1.00. The smallest absolute Gasteiger partial charge is 0.0920 e. The van der Waals surface area contributed by atoms with Gasteiger partial charge in [-0.05, 0) is 31.6 Å². The van der Waals surface area contributed by atoms with Crippen molar-refractivity contribution in [3.63, 3.8) is 0 Å². The minimum atomic E-state index is -0.201. The first kappa shape index (κ1) is 10.2. The molecule has 0 aromatic rings. The van der Waals surface area contributed by atoms with Gasteiger partial charge in [0.15, 0.2) is 0 Å². The molecule has 1 aliphatic rings. The second kappa shape index (κ2) is 4.37. The highest BCUT2D eigenvalue weighted by molar-refractivity contribution is 6.14. The summed E-state index contributed by atoms with van der Waals surface area (Å²) in [6.45, 7) is 2.66. The van der Waals surface area contributed by atoms with Gasteiger partial charge < -0.3 is 4.74 Å². The summed E-state index contributed by atoms with van der Waals surface area (Å²) in [6.07, 6.45) is 4.54. The van der Waals surface area contributed by atoms with E-state index in [1.54, 1.807) is 0 Å². The van der Waals surface area contributed by atoms with E-state index in [0.717, 1.165) is 29.7 Å². The summed E-state index contributed by atoms with van der Waals surface area (Å²) in [6, 6.07) is 0. The fourth-order valence-electron chi connectivity index (χ4n) is 1.94. The maximum absolute atomic E-state index is 12.3. The SMILES string of the molecule is CC(CF)CC1([SiH3])CCCCO1. The largest absolute Gasteiger partial charge is 0.380 e. The van der Waals surface area contributed by atoms with Crippen molar-refractivity contribution in [3.05, 3.63) is 0 Å². The summed E-state index contributed by atoms with van der Waals surface area (Å²) in [7, 11) is 1.04. The van der Waals surface area contributed by atoms with E-state index in [-0.39, 0.29) is 17.8 Å². The standard InChI is InChI=1S/C9H19FOSi/c1-8(7-10)6-9(12)4-2-3-5-11-9/h8H,2-7H2,1,12H3. The van der Waals surface area contributed by atoms with Crippen molar-refractivity contribution < 1.29 is 9.13 Å². The third-order valence-electron chi connectivity index (χ3n) is 2.59. The second-order valence-electron chi connectivity index (χ2n) is 4.22. The first-order valence-corrected chi connectivity index (χ1v) is 5.86. The molecule has 0 aromatic carbocycles. The number of rotatable bonds is 3. The van der Waals surface area contributed by atoms with Crippen LogP contribution in [0, 0.1) is 5.92 Å². The van der Waals surface area contributed by atoms with E-state index in [1.165, 1.54) is 12.8 Å². The molecule has 1 rings (SSSR count). The van der Waals surface area contributed by atoms with E-state index >= 15 is 0 Å². The van der Waals surface area contributed by atoms with E-state index in [4.69, 9.17) is 4.74 Å². The Hall–Kier alpha value is 0.107. The molecule has 0 aliphatic carbocycles. The molecule has 0 amide bonds. The van der Waals surface area contributed by atoms with Gasteiger partial charge in [-0.3, -0.25) is 4.39 Å². The third kappa shape index (κ3) is 2.86. The number of hydrogen-bond acceptors (Lipinski definition) is 1. The summed E-state index contributed by atoms with van der Waals surface area (Å²) in [4.78, 5) is 0. The number of alkyl halides is 1. The molecule has 0 aromatic heterocycles. The Morgan fingerprint density at radius 2 is 2.33 bits per heavy atom. The van der Waals surface area contributed by atoms with E-state index in [9.17, 15) is 4.39 Å². The van der Waals surface area contributed by atoms with E-state index in [1.807, 2.05) is 6.92 Å². The van der Waals surface area contributed by atoms with Crippen LogP contribution in [0.2, 0.25) is 0 Å². The van der Waals surface area contributed by atoms with Gasteiger partial charge in [0.1, 0.15) is 0 Å². The summed E-state index contributed by atoms with van der Waals surface area (Å²) in [5.74, 6) is 0.181. The highest BCUT2D eigenvalue weighted by Crippen LogP contribution is 2.28. The minimum Gasteiger partial charge on any atom is -0.380 e. The summed E-state index contributed by atoms with van der Waals surface area (Å²) in [5, 5.41) is 0.101. The van der Waals surface area contributed by atoms with Gasteiger partial charge in [0.25, 0.3) is 0 Å². The average molecular weight is 190 g/mol. The summed E-state index contributed by atoms with van der Waals surface area (Å²) < 4.78 is 18.0. The molecule has 1 fully saturated rings. The molecule has 1 heterocycles. The second-order valence-corrected chi connectivity index (χ2v) is 6.04. The Kier molecular flexibility index (Phi) is 3.71. The van der Waals surface area contributed by atoms with Crippen molar-refractivity contribution >= 4 is 10.2 Å². The lowest BCUT2D eigenvalue weighted by Crippen LogP contribution is -2.38. The predicted octanol–water partition coefficient (Wildman–Crippen LogP) is 1.24. The van der Waals surface area contributed by atoms with Crippen LogP contribution in [0.15, 0.2) is 0 Å². The maximum Gasteiger partial charge on any atom is 0.0920 e. The van der Waals surface area contributed by atoms with Crippen LogP contribution in [-0.4, -0.2) is 28.7 Å². The minimum absolute atomic E-state index is 0.101. The lowest BCUT2D eigenvalue weighted by atomic mass is 9.98. The first-order chi connectivity index (χ1) is 5.66. The molecule has 0 N–H and O–H groups in total. The molecule has 1 nitrogen and oxygen atoms in total. The van der Waals surface area contributed by atoms with Crippen molar-refractivity contribution in [1.82, 2.24) is 0 Å². The molecule has 1 saturated heterocycles. The summed E-state index contributed by atoms with van der Waals surface area (Å²) >= 11 is 0. The lowest BCUT2D eigenvalue weighted by molar-refractivity contribution is -0.0324. The van der Waals surface area contributed by atoms with Crippen LogP contribution >= 0.6 is 0 Å². The van der Waals surface area contributed by atoms with Crippen LogP contribution in [0.1, 0.15) is 32.6 Å². The zero-order chi connectivity index (χ0) is 9.03. The third-order valence-corrected chi connectivity index (χ3v) is 3.79. The molecule has 2 unspecified atom stereocenters. The van der Waals surface area contributed by atoms with Crippen molar-refractivity contribution in [2.45, 2.75) is 37.8 Å². The lowest BCUT2D eigenvalue weighted by Gasteiger charge is -2.35. The van der Waals surface area contributed by atoms with Crippen LogP contribution < -0.4 is 0 Å². The molecule has 0 spiro atoms. The van der Waals surface area contributed by atoms with Crippen LogP contribution in [0.3, 0.4) is 0 Å². The van der Waals surface area contributed by atoms with Gasteiger partial charge in [-0.2, -0.15) is 0 Å². The van der Waals surface area contributed by atoms with Crippen LogP contribution in [0.25, 0.3) is 0 Å². The quantitative estimate of drug-likeness (QED) is 0.609. The van der Waals surface area contributed by atoms with E-state index in [2.05, 4.69) is 0 Å². The molecule has 72 valence electrons. The van der Waals surface area contributed by atoms with Crippen LogP contribution in [0.5, 0.6) is 0 Å². The molecule has 0 saturated carbocycles. The Morgan fingerprint density at radius 1 is 1.58 bits per heavy atom. The monoisotopic (exact) mass is 190 g/mol. The fourth-order valence-corrected chi connectivity index (χ4v) is 3.20. The van der Waals surface area contributed by atoms with Crippen LogP contribution in [-0.2, 0) is 4.74 Å². The summed E-state index contributed by atoms with van der Waals surface area (Å²) in [5.41, 5.74) is 0. The van der Waals surface area contributed by atoms with Gasteiger partial charge >= 0.3 is 0 Å². The predicted molar refractivity (Wildman–Crippen MR) is 52.2 cm³/mol. The van der Waals surface area contributed by atoms with Crippen LogP contribution in [0.4, 0.5) is 4.39 Å². The maximum atomic E-state index is 12.3. The van der Waals surface area contributed by atoms with Gasteiger partial charge in [-0.1, -0.05) is 6.92 Å². The molecule has 2 atom stereocenters. The molecular weight excluding hydrogens is 171 g/mol. The molecule has 3 heteroatoms. The average Bonchev–Trinajstić information content (AvgIpc) is 2.05. The van der Waals surface area contributed by atoms with Gasteiger partial charge in [0.2, 0.25) is 0 Å². The van der Waals surface area contributed by atoms with E-state index in [0.29, 0.717) is 0 Å². The highest BCUT2D eigenvalue weighted by atomic mass is 28.1. The van der Waals surface area contributed by atoms with Gasteiger partial charge in [-0.15, -0.1) is 0 Å². The topological polar surface area (TPSA) is 9.23 Å². The first-order valence-electron chi connectivity index (χ1n) is 4.86. The molecular formula is C9H19FOSi. The van der Waals surface area contributed by atoms with Crippen molar-refractivity contribution in [1.29, 1.82) is 0 Å². The van der Waals surface area contributed by atoms with Crippen molar-refractivity contribution in [2.24, 2.45) is 5.92 Å². The van der Waals surface area contributed by atoms with Crippen molar-refractivity contribution in [3.8, 4) is 0 Å². The zero-order valence-corrected chi connectivity index (χ0v) is 10.1. The Balaban J connectivity index is 2.35. The Labute approximate surface area is 77.1 Å².